The molecule has 3 aromatic rings. The van der Waals surface area contributed by atoms with E-state index in [2.05, 4.69) is 10.4 Å². The van der Waals surface area contributed by atoms with Gasteiger partial charge in [-0.05, 0) is 37.6 Å². The number of nitrogens with one attached hydrogen (secondary N) is 1. The van der Waals surface area contributed by atoms with Crippen LogP contribution < -0.4 is 5.32 Å². The first-order chi connectivity index (χ1) is 13.1. The molecule has 6 nitrogen and oxygen atoms in total. The highest BCUT2D eigenvalue weighted by molar-refractivity contribution is 7.84. The largest absolute Gasteiger partial charge is 0.353 e. The third-order valence-electron chi connectivity index (χ3n) is 4.29. The van der Waals surface area contributed by atoms with Gasteiger partial charge in [0.1, 0.15) is 11.6 Å². The number of carbonyl (C=O) groups is 1. The van der Waals surface area contributed by atoms with Crippen molar-refractivity contribution < 1.29 is 9.00 Å². The fourth-order valence-electron chi connectivity index (χ4n) is 2.78. The molecule has 2 heterocycles. The Kier molecular flexibility index (Phi) is 6.24. The van der Waals surface area contributed by atoms with Crippen LogP contribution in [0.3, 0.4) is 0 Å². The molecule has 142 valence electrons. The Hall–Kier alpha value is -2.67. The average molecular weight is 385 g/mol. The van der Waals surface area contributed by atoms with E-state index >= 15 is 0 Å². The van der Waals surface area contributed by atoms with Crippen molar-refractivity contribution in [1.82, 2.24) is 19.7 Å². The zero-order chi connectivity index (χ0) is 19.2. The van der Waals surface area contributed by atoms with Crippen molar-refractivity contribution in [3.63, 3.8) is 0 Å². The molecule has 0 saturated heterocycles. The first kappa shape index (κ1) is 19.1. The van der Waals surface area contributed by atoms with Gasteiger partial charge in [-0.1, -0.05) is 25.1 Å². The predicted molar refractivity (Wildman–Crippen MR) is 108 cm³/mol. The molecule has 0 aliphatic heterocycles. The van der Waals surface area contributed by atoms with Crippen molar-refractivity contribution in [3.8, 4) is 11.5 Å². The van der Waals surface area contributed by atoms with E-state index in [1.807, 2.05) is 78.0 Å². The van der Waals surface area contributed by atoms with Crippen molar-refractivity contribution in [1.29, 1.82) is 0 Å². The summed E-state index contributed by atoms with van der Waals surface area (Å²) in [6, 6.07) is 13.8. The van der Waals surface area contributed by atoms with Gasteiger partial charge < -0.3 is 9.88 Å². The summed E-state index contributed by atoms with van der Waals surface area (Å²) in [5, 5.41) is 7.36. The third kappa shape index (κ3) is 4.74. The van der Waals surface area contributed by atoms with Crippen LogP contribution in [0.25, 0.3) is 11.5 Å². The van der Waals surface area contributed by atoms with Crippen molar-refractivity contribution >= 4 is 16.7 Å². The lowest BCUT2D eigenvalue weighted by molar-refractivity contribution is -0.119. The van der Waals surface area contributed by atoms with Crippen molar-refractivity contribution in [2.75, 3.05) is 5.75 Å². The molecule has 2 atom stereocenters. The minimum atomic E-state index is -1.31. The van der Waals surface area contributed by atoms with Crippen LogP contribution >= 0.6 is 0 Å². The van der Waals surface area contributed by atoms with Gasteiger partial charge in [-0.3, -0.25) is 9.00 Å². The monoisotopic (exact) mass is 384 g/mol. The molecule has 0 aliphatic rings. The van der Waals surface area contributed by atoms with Gasteiger partial charge >= 0.3 is 0 Å². The number of aromatic nitrogens is 3. The first-order valence-corrected chi connectivity index (χ1v) is 10.5. The van der Waals surface area contributed by atoms with E-state index in [4.69, 9.17) is 0 Å². The Morgan fingerprint density at radius 1 is 1.19 bits per heavy atom. The summed E-state index contributed by atoms with van der Waals surface area (Å²) in [4.78, 5) is 12.0. The van der Waals surface area contributed by atoms with Gasteiger partial charge in [0.25, 0.3) is 0 Å². The van der Waals surface area contributed by atoms with Crippen LogP contribution in [0.4, 0.5) is 0 Å². The topological polar surface area (TPSA) is 68.9 Å². The third-order valence-corrected chi connectivity index (χ3v) is 5.51. The lowest BCUT2D eigenvalue weighted by Crippen LogP contribution is -2.35. The highest BCUT2D eigenvalue weighted by Crippen LogP contribution is 2.21. The summed E-state index contributed by atoms with van der Waals surface area (Å²) in [6.07, 6.45) is 6.43. The second-order valence-electron chi connectivity index (χ2n) is 6.44. The molecule has 1 N–H and O–H groups in total. The fraction of sp³-hybridized carbons (Fsp3) is 0.300. The summed E-state index contributed by atoms with van der Waals surface area (Å²) in [7, 11) is -1.31. The van der Waals surface area contributed by atoms with Gasteiger partial charge in [-0.15, -0.1) is 0 Å². The highest BCUT2D eigenvalue weighted by Gasteiger charge is 2.18. The molecule has 1 amide bonds. The van der Waals surface area contributed by atoms with Crippen LogP contribution in [0.15, 0.2) is 61.1 Å². The summed E-state index contributed by atoms with van der Waals surface area (Å²) in [5.41, 5.74) is 1.76. The van der Waals surface area contributed by atoms with E-state index in [9.17, 15) is 9.00 Å². The van der Waals surface area contributed by atoms with E-state index in [1.165, 1.54) is 0 Å². The molecule has 0 fully saturated rings. The number of nitrogens with zero attached hydrogens (tertiary/aromatic N) is 3. The molecule has 1 aromatic carbocycles. The highest BCUT2D eigenvalue weighted by atomic mass is 32.2. The minimum absolute atomic E-state index is 0.00796. The zero-order valence-electron chi connectivity index (χ0n) is 15.5. The Balaban J connectivity index is 1.83. The van der Waals surface area contributed by atoms with E-state index < -0.39 is 10.8 Å². The lowest BCUT2D eigenvalue weighted by atomic mass is 10.3. The molecule has 27 heavy (non-hydrogen) atoms. The van der Waals surface area contributed by atoms with Gasteiger partial charge in [0.2, 0.25) is 5.91 Å². The minimum Gasteiger partial charge on any atom is -0.353 e. The molecule has 0 bridgehead atoms. The van der Waals surface area contributed by atoms with Crippen LogP contribution in [0.5, 0.6) is 0 Å². The maximum absolute atomic E-state index is 12.6. The van der Waals surface area contributed by atoms with E-state index in [1.54, 1.807) is 6.20 Å². The Morgan fingerprint density at radius 3 is 2.56 bits per heavy atom. The van der Waals surface area contributed by atoms with Gasteiger partial charge in [0.15, 0.2) is 0 Å². The summed E-state index contributed by atoms with van der Waals surface area (Å²) in [5.74, 6) is 0.919. The molecule has 0 saturated carbocycles. The number of benzene rings is 1. The van der Waals surface area contributed by atoms with Crippen LogP contribution in [0.1, 0.15) is 25.8 Å². The molecule has 0 radical (unpaired) electrons. The molecular formula is C20H24N4O2S. The van der Waals surface area contributed by atoms with Crippen LogP contribution in [-0.4, -0.2) is 36.3 Å². The smallest absolute Gasteiger partial charge is 0.232 e. The number of para-hydroxylation sites is 1. The van der Waals surface area contributed by atoms with Crippen molar-refractivity contribution in [2.24, 2.45) is 0 Å². The normalized spacial score (nSPS) is 13.3. The van der Waals surface area contributed by atoms with Gasteiger partial charge in [-0.25, -0.2) is 4.68 Å². The Morgan fingerprint density at radius 2 is 1.89 bits per heavy atom. The number of amides is 1. The average Bonchev–Trinajstić information content (AvgIpc) is 3.31. The van der Waals surface area contributed by atoms with E-state index in [-0.39, 0.29) is 23.5 Å². The maximum Gasteiger partial charge on any atom is 0.232 e. The fourth-order valence-corrected chi connectivity index (χ4v) is 3.80. The summed E-state index contributed by atoms with van der Waals surface area (Å²) >= 11 is 0. The molecule has 0 unspecified atom stereocenters. The van der Waals surface area contributed by atoms with Gasteiger partial charge in [0.05, 0.1) is 17.6 Å². The molecule has 3 rings (SSSR count). The SMILES string of the molecule is CC[C@H](C)NC(=O)C[S@@](=O)Cc1cnn(-c2ccccc2)c1-n1cccc1. The molecular weight excluding hydrogens is 360 g/mol. The van der Waals surface area contributed by atoms with E-state index in [0.717, 1.165) is 23.5 Å². The van der Waals surface area contributed by atoms with Crippen LogP contribution in [0.2, 0.25) is 0 Å². The number of hydrogen-bond acceptors (Lipinski definition) is 3. The summed E-state index contributed by atoms with van der Waals surface area (Å²) in [6.45, 7) is 3.94. The molecule has 7 heteroatoms. The van der Waals surface area contributed by atoms with Crippen molar-refractivity contribution in [3.05, 3.63) is 66.6 Å². The quantitative estimate of drug-likeness (QED) is 0.649. The second kappa shape index (κ2) is 8.81. The predicted octanol–water partition coefficient (Wildman–Crippen LogP) is 2.83. The zero-order valence-corrected chi connectivity index (χ0v) is 16.4. The lowest BCUT2D eigenvalue weighted by Gasteiger charge is -2.12. The molecule has 2 aromatic heterocycles. The van der Waals surface area contributed by atoms with Gasteiger partial charge in [0, 0.05) is 34.8 Å². The van der Waals surface area contributed by atoms with Crippen LogP contribution in [-0.2, 0) is 21.3 Å². The maximum atomic E-state index is 12.6. The molecule has 0 aliphatic carbocycles. The van der Waals surface area contributed by atoms with Crippen LogP contribution in [0, 0.1) is 0 Å². The Bertz CT molecular complexity index is 903. The number of hydrogen-bond donors (Lipinski definition) is 1. The van der Waals surface area contributed by atoms with Crippen molar-refractivity contribution in [2.45, 2.75) is 32.1 Å². The Labute approximate surface area is 161 Å². The summed E-state index contributed by atoms with van der Waals surface area (Å²) < 4.78 is 16.3. The number of rotatable bonds is 8. The number of carbonyl (C=O) groups excluding carboxylic acids is 1. The van der Waals surface area contributed by atoms with E-state index in [0.29, 0.717) is 0 Å². The van der Waals surface area contributed by atoms with Gasteiger partial charge in [-0.2, -0.15) is 5.10 Å². The second-order valence-corrected chi connectivity index (χ2v) is 7.89. The molecule has 0 spiro atoms. The standard InChI is InChI=1S/C20H24N4O2S/c1-3-16(2)22-19(25)15-27(26)14-17-13-21-24(18-9-5-4-6-10-18)20(17)23-11-7-8-12-23/h4-13,16H,3,14-15H2,1-2H3,(H,22,25)/t16-,27-/m0/s1. The first-order valence-electron chi connectivity index (χ1n) is 8.98.